The highest BCUT2D eigenvalue weighted by atomic mass is 16.1. The molecule has 78 valence electrons. The maximum atomic E-state index is 11.3. The quantitative estimate of drug-likeness (QED) is 0.586. The van der Waals surface area contributed by atoms with E-state index in [4.69, 9.17) is 11.5 Å². The normalized spacial score (nSPS) is 16.6. The molecule has 4 N–H and O–H groups in total. The summed E-state index contributed by atoms with van der Waals surface area (Å²) in [6, 6.07) is 3.73. The molecule has 0 radical (unpaired) electrons. The van der Waals surface area contributed by atoms with Crippen molar-refractivity contribution >= 4 is 28.8 Å². The van der Waals surface area contributed by atoms with Gasteiger partial charge in [0.2, 0.25) is 0 Å². The fourth-order valence-electron chi connectivity index (χ4n) is 2.10. The molecule has 0 saturated heterocycles. The summed E-state index contributed by atoms with van der Waals surface area (Å²) in [5.41, 5.74) is 14.8. The lowest BCUT2D eigenvalue weighted by atomic mass is 10.0. The number of rotatable bonds is 0. The van der Waals surface area contributed by atoms with Gasteiger partial charge in [-0.25, -0.2) is 0 Å². The lowest BCUT2D eigenvalue weighted by molar-refractivity contribution is -0.110. The van der Waals surface area contributed by atoms with Crippen LogP contribution in [0.2, 0.25) is 0 Å². The molecule has 0 saturated carbocycles. The molecule has 3 rings (SSSR count). The Bertz CT molecular complexity index is 693. The molecule has 0 bridgehead atoms. The summed E-state index contributed by atoms with van der Waals surface area (Å²) >= 11 is 0. The van der Waals surface area contributed by atoms with E-state index in [0.29, 0.717) is 11.4 Å². The first kappa shape index (κ1) is 8.97. The zero-order chi connectivity index (χ0) is 11.3. The average molecular weight is 210 g/mol. The minimum atomic E-state index is 0.00866. The van der Waals surface area contributed by atoms with Gasteiger partial charge in [-0.05, 0) is 46.7 Å². The van der Waals surface area contributed by atoms with Crippen LogP contribution in [0.3, 0.4) is 0 Å². The highest BCUT2D eigenvalue weighted by molar-refractivity contribution is 6.10. The number of hydrogen-bond acceptors (Lipinski definition) is 3. The van der Waals surface area contributed by atoms with Crippen molar-refractivity contribution in [1.82, 2.24) is 0 Å². The number of benzene rings is 1. The second-order valence-corrected chi connectivity index (χ2v) is 3.92. The number of carbonyl (C=O) groups is 1. The van der Waals surface area contributed by atoms with Crippen LogP contribution < -0.4 is 21.9 Å². The van der Waals surface area contributed by atoms with Gasteiger partial charge in [-0.2, -0.15) is 0 Å². The topological polar surface area (TPSA) is 69.1 Å². The highest BCUT2D eigenvalue weighted by Gasteiger charge is 2.15. The Labute approximate surface area is 92.1 Å². The number of nitrogen functional groups attached to an aromatic ring is 2. The van der Waals surface area contributed by atoms with Gasteiger partial charge in [0.05, 0.1) is 11.4 Å². The van der Waals surface area contributed by atoms with Crippen LogP contribution in [-0.4, -0.2) is 5.78 Å². The van der Waals surface area contributed by atoms with Crippen LogP contribution in [0.15, 0.2) is 35.9 Å². The molecule has 0 heterocycles. The van der Waals surface area contributed by atoms with Gasteiger partial charge in [0.1, 0.15) is 0 Å². The largest absolute Gasteiger partial charge is 0.397 e. The third-order valence-electron chi connectivity index (χ3n) is 2.93. The minimum absolute atomic E-state index is 0.00866. The third-order valence-corrected chi connectivity index (χ3v) is 2.93. The van der Waals surface area contributed by atoms with Gasteiger partial charge >= 0.3 is 0 Å². The molecule has 0 fully saturated rings. The minimum Gasteiger partial charge on any atom is -0.397 e. The average Bonchev–Trinajstić information content (AvgIpc) is 2.62. The SMILES string of the molecule is Nc1ccc2c(c1N)=CC1=CC(=O)C=CC=21. The summed E-state index contributed by atoms with van der Waals surface area (Å²) in [5.74, 6) is 0.00866. The van der Waals surface area contributed by atoms with Crippen LogP contribution in [-0.2, 0) is 4.79 Å². The first-order valence-corrected chi connectivity index (χ1v) is 5.01. The summed E-state index contributed by atoms with van der Waals surface area (Å²) in [6.07, 6.45) is 6.92. The summed E-state index contributed by atoms with van der Waals surface area (Å²) in [5, 5.41) is 1.96. The molecular weight excluding hydrogens is 200 g/mol. The number of fused-ring (bicyclic) bond motifs is 2. The number of carbonyl (C=O) groups excluding carboxylic acids is 1. The molecule has 1 aromatic rings. The molecular formula is C13H10N2O. The van der Waals surface area contributed by atoms with Crippen molar-refractivity contribution in [2.24, 2.45) is 0 Å². The van der Waals surface area contributed by atoms with E-state index in [1.165, 1.54) is 0 Å². The molecule has 2 aliphatic carbocycles. The van der Waals surface area contributed by atoms with Crippen LogP contribution >= 0.6 is 0 Å². The fraction of sp³-hybridized carbons (Fsp3) is 0. The molecule has 0 aliphatic heterocycles. The van der Waals surface area contributed by atoms with Gasteiger partial charge in [0.15, 0.2) is 5.78 Å². The van der Waals surface area contributed by atoms with Gasteiger partial charge in [-0.3, -0.25) is 4.79 Å². The van der Waals surface area contributed by atoms with E-state index in [1.807, 2.05) is 18.2 Å². The van der Waals surface area contributed by atoms with Crippen LogP contribution in [0.1, 0.15) is 0 Å². The van der Waals surface area contributed by atoms with E-state index in [1.54, 1.807) is 18.2 Å². The van der Waals surface area contributed by atoms with Crippen LogP contribution in [0, 0.1) is 0 Å². The predicted octanol–water partition coefficient (Wildman–Crippen LogP) is -0.139. The van der Waals surface area contributed by atoms with E-state index in [2.05, 4.69) is 0 Å². The molecule has 1 aromatic carbocycles. The van der Waals surface area contributed by atoms with Gasteiger partial charge in [-0.15, -0.1) is 0 Å². The van der Waals surface area contributed by atoms with Crippen molar-refractivity contribution in [3.63, 3.8) is 0 Å². The number of anilines is 2. The standard InChI is InChI=1S/C13H10N2O/c14-12-4-3-10-9-2-1-8(16)5-7(9)6-11(10)13(12)15/h1-6H,14-15H2. The summed E-state index contributed by atoms with van der Waals surface area (Å²) in [7, 11) is 0. The molecule has 0 spiro atoms. The maximum Gasteiger partial charge on any atom is 0.179 e. The maximum absolute atomic E-state index is 11.3. The van der Waals surface area contributed by atoms with Gasteiger partial charge in [0, 0.05) is 5.22 Å². The van der Waals surface area contributed by atoms with Crippen molar-refractivity contribution in [3.05, 3.63) is 46.4 Å². The lowest BCUT2D eigenvalue weighted by Crippen LogP contribution is -2.27. The number of hydrogen-bond donors (Lipinski definition) is 2. The molecule has 3 nitrogen and oxygen atoms in total. The second kappa shape index (κ2) is 2.85. The van der Waals surface area contributed by atoms with Crippen LogP contribution in [0.4, 0.5) is 11.4 Å². The number of ketones is 1. The molecule has 3 heteroatoms. The summed E-state index contributed by atoms with van der Waals surface area (Å²) < 4.78 is 0. The molecule has 0 atom stereocenters. The van der Waals surface area contributed by atoms with Crippen LogP contribution in [0.25, 0.3) is 11.6 Å². The monoisotopic (exact) mass is 210 g/mol. The predicted molar refractivity (Wildman–Crippen MR) is 64.6 cm³/mol. The van der Waals surface area contributed by atoms with Gasteiger partial charge in [0.25, 0.3) is 0 Å². The smallest absolute Gasteiger partial charge is 0.179 e. The molecule has 0 aromatic heterocycles. The zero-order valence-electron chi connectivity index (χ0n) is 8.53. The zero-order valence-corrected chi connectivity index (χ0v) is 8.53. The molecule has 16 heavy (non-hydrogen) atoms. The van der Waals surface area contributed by atoms with Crippen molar-refractivity contribution < 1.29 is 4.79 Å². The highest BCUT2D eigenvalue weighted by Crippen LogP contribution is 2.21. The number of allylic oxidation sites excluding steroid dienone is 4. The van der Waals surface area contributed by atoms with Crippen molar-refractivity contribution in [2.45, 2.75) is 0 Å². The first-order chi connectivity index (χ1) is 7.66. The van der Waals surface area contributed by atoms with E-state index < -0.39 is 0 Å². The fourth-order valence-corrected chi connectivity index (χ4v) is 2.10. The van der Waals surface area contributed by atoms with E-state index >= 15 is 0 Å². The molecule has 2 aliphatic rings. The van der Waals surface area contributed by atoms with E-state index in [-0.39, 0.29) is 5.78 Å². The summed E-state index contributed by atoms with van der Waals surface area (Å²) in [6.45, 7) is 0. The summed E-state index contributed by atoms with van der Waals surface area (Å²) in [4.78, 5) is 11.3. The van der Waals surface area contributed by atoms with Crippen LogP contribution in [0.5, 0.6) is 0 Å². The Morgan fingerprint density at radius 2 is 1.81 bits per heavy atom. The lowest BCUT2D eigenvalue weighted by Gasteiger charge is -2.02. The van der Waals surface area contributed by atoms with E-state index in [0.717, 1.165) is 21.6 Å². The van der Waals surface area contributed by atoms with Gasteiger partial charge in [-0.1, -0.05) is 6.07 Å². The third kappa shape index (κ3) is 1.05. The Kier molecular flexibility index (Phi) is 1.60. The molecule has 0 unspecified atom stereocenters. The Balaban J connectivity index is 2.47. The van der Waals surface area contributed by atoms with Crippen molar-refractivity contribution in [3.8, 4) is 0 Å². The molecule has 0 amide bonds. The van der Waals surface area contributed by atoms with Crippen molar-refractivity contribution in [1.29, 1.82) is 0 Å². The Morgan fingerprint density at radius 1 is 1.00 bits per heavy atom. The van der Waals surface area contributed by atoms with Crippen molar-refractivity contribution in [2.75, 3.05) is 11.5 Å². The van der Waals surface area contributed by atoms with E-state index in [9.17, 15) is 4.79 Å². The Hall–Kier alpha value is -2.29. The second-order valence-electron chi connectivity index (χ2n) is 3.92. The first-order valence-electron chi connectivity index (χ1n) is 5.01. The van der Waals surface area contributed by atoms with Gasteiger partial charge < -0.3 is 11.5 Å². The number of nitrogens with two attached hydrogens (primary N) is 2. The Morgan fingerprint density at radius 3 is 2.62 bits per heavy atom.